The Morgan fingerprint density at radius 3 is 2.36 bits per heavy atom. The van der Waals surface area contributed by atoms with E-state index >= 15 is 0 Å². The number of benzene rings is 2. The number of anilines is 1. The van der Waals surface area contributed by atoms with E-state index in [1.807, 2.05) is 31.2 Å². The zero-order valence-corrected chi connectivity index (χ0v) is 13.5. The van der Waals surface area contributed by atoms with E-state index in [1.54, 1.807) is 23.5 Å². The summed E-state index contributed by atoms with van der Waals surface area (Å²) in [7, 11) is 0. The lowest BCUT2D eigenvalue weighted by atomic mass is 10.1. The molecule has 0 saturated heterocycles. The van der Waals surface area contributed by atoms with E-state index in [0.29, 0.717) is 11.3 Å². The molecule has 2 aromatic rings. The summed E-state index contributed by atoms with van der Waals surface area (Å²) in [5.41, 5.74) is 2.82. The minimum absolute atomic E-state index is 0.191. The van der Waals surface area contributed by atoms with Gasteiger partial charge < -0.3 is 10.6 Å². The fraction of sp³-hybridized carbons (Fsp3) is 0.222. The van der Waals surface area contributed by atoms with Crippen LogP contribution in [0.1, 0.15) is 16.7 Å². The Balaban J connectivity index is 1.94. The highest BCUT2D eigenvalue weighted by Gasteiger charge is 2.38. The molecule has 0 atom stereocenters. The van der Waals surface area contributed by atoms with Crippen LogP contribution in [0.5, 0.6) is 0 Å². The summed E-state index contributed by atoms with van der Waals surface area (Å²) < 4.78 is 36.5. The van der Waals surface area contributed by atoms with Gasteiger partial charge in [-0.3, -0.25) is 9.59 Å². The summed E-state index contributed by atoms with van der Waals surface area (Å²) in [6.07, 6.45) is -4.73. The number of amides is 2. The van der Waals surface area contributed by atoms with Crippen molar-refractivity contribution >= 4 is 17.5 Å². The first-order valence-electron chi connectivity index (χ1n) is 7.53. The Morgan fingerprint density at radius 2 is 1.68 bits per heavy atom. The molecular weight excluding hydrogens is 333 g/mol. The second kappa shape index (κ2) is 7.83. The quantitative estimate of drug-likeness (QED) is 0.869. The minimum Gasteiger partial charge on any atom is -0.344 e. The second-order valence-corrected chi connectivity index (χ2v) is 5.59. The van der Waals surface area contributed by atoms with Crippen LogP contribution in [0.15, 0.2) is 48.5 Å². The van der Waals surface area contributed by atoms with Crippen LogP contribution >= 0.6 is 0 Å². The van der Waals surface area contributed by atoms with Crippen LogP contribution in [0.3, 0.4) is 0 Å². The van der Waals surface area contributed by atoms with E-state index in [9.17, 15) is 22.8 Å². The SMILES string of the molecule is Cc1cccc(CC(=O)Nc2cccc(CNC(=O)C(F)(F)F)c2)c1. The molecule has 0 radical (unpaired) electrons. The van der Waals surface area contributed by atoms with Crippen LogP contribution in [0, 0.1) is 6.92 Å². The number of hydrogen-bond donors (Lipinski definition) is 2. The van der Waals surface area contributed by atoms with Gasteiger partial charge in [0.2, 0.25) is 5.91 Å². The predicted octanol–water partition coefficient (Wildman–Crippen LogP) is 3.35. The molecule has 0 bridgehead atoms. The van der Waals surface area contributed by atoms with Gasteiger partial charge in [0.25, 0.3) is 0 Å². The first kappa shape index (κ1) is 18.5. The smallest absolute Gasteiger partial charge is 0.344 e. The van der Waals surface area contributed by atoms with Crippen molar-refractivity contribution in [1.29, 1.82) is 0 Å². The third kappa shape index (κ3) is 5.95. The zero-order valence-electron chi connectivity index (χ0n) is 13.5. The van der Waals surface area contributed by atoms with Crippen molar-refractivity contribution in [3.8, 4) is 0 Å². The third-order valence-corrected chi connectivity index (χ3v) is 3.37. The molecule has 2 aromatic carbocycles. The van der Waals surface area contributed by atoms with Crippen LogP contribution in [0.25, 0.3) is 0 Å². The number of aryl methyl sites for hydroxylation is 1. The summed E-state index contributed by atoms with van der Waals surface area (Å²) in [5, 5.41) is 4.48. The van der Waals surface area contributed by atoms with Crippen molar-refractivity contribution in [1.82, 2.24) is 5.32 Å². The Hall–Kier alpha value is -2.83. The van der Waals surface area contributed by atoms with Crippen molar-refractivity contribution in [2.45, 2.75) is 26.1 Å². The lowest BCUT2D eigenvalue weighted by Crippen LogP contribution is -2.36. The molecule has 25 heavy (non-hydrogen) atoms. The monoisotopic (exact) mass is 350 g/mol. The zero-order chi connectivity index (χ0) is 18.4. The average Bonchev–Trinajstić information content (AvgIpc) is 2.52. The highest BCUT2D eigenvalue weighted by atomic mass is 19.4. The number of hydrogen-bond acceptors (Lipinski definition) is 2. The second-order valence-electron chi connectivity index (χ2n) is 5.59. The van der Waals surface area contributed by atoms with Crippen LogP contribution < -0.4 is 10.6 Å². The summed E-state index contributed by atoms with van der Waals surface area (Å²) in [6.45, 7) is 1.65. The van der Waals surface area contributed by atoms with E-state index in [1.165, 1.54) is 6.07 Å². The fourth-order valence-electron chi connectivity index (χ4n) is 2.25. The molecule has 0 heterocycles. The first-order valence-corrected chi connectivity index (χ1v) is 7.53. The van der Waals surface area contributed by atoms with Crippen molar-refractivity contribution in [2.75, 3.05) is 5.32 Å². The molecule has 2 N–H and O–H groups in total. The van der Waals surface area contributed by atoms with Crippen LogP contribution in [0.2, 0.25) is 0 Å². The Kier molecular flexibility index (Phi) is 5.80. The summed E-state index contributed by atoms with van der Waals surface area (Å²) in [5.74, 6) is -2.23. The molecule has 132 valence electrons. The first-order chi connectivity index (χ1) is 11.7. The van der Waals surface area contributed by atoms with Crippen molar-refractivity contribution in [3.63, 3.8) is 0 Å². The van der Waals surface area contributed by atoms with E-state index in [4.69, 9.17) is 0 Å². The molecule has 0 spiro atoms. The molecule has 0 unspecified atom stereocenters. The standard InChI is InChI=1S/C18H17F3N2O2/c1-12-4-2-5-13(8-12)10-16(24)23-15-7-3-6-14(9-15)11-22-17(25)18(19,20)21/h2-9H,10-11H2,1H3,(H,22,25)(H,23,24). The molecule has 0 saturated carbocycles. The molecule has 4 nitrogen and oxygen atoms in total. The van der Waals surface area contributed by atoms with E-state index in [2.05, 4.69) is 5.32 Å². The molecule has 7 heteroatoms. The molecule has 2 amide bonds. The van der Waals surface area contributed by atoms with E-state index in [0.717, 1.165) is 11.1 Å². The average molecular weight is 350 g/mol. The van der Waals surface area contributed by atoms with Gasteiger partial charge in [0.15, 0.2) is 0 Å². The van der Waals surface area contributed by atoms with E-state index < -0.39 is 12.1 Å². The molecule has 0 aliphatic rings. The van der Waals surface area contributed by atoms with Gasteiger partial charge in [0, 0.05) is 12.2 Å². The number of carbonyl (C=O) groups excluding carboxylic acids is 2. The largest absolute Gasteiger partial charge is 0.471 e. The normalized spacial score (nSPS) is 11.0. The molecule has 0 aliphatic carbocycles. The maximum absolute atomic E-state index is 12.2. The highest BCUT2D eigenvalue weighted by molar-refractivity contribution is 5.92. The number of nitrogens with one attached hydrogen (secondary N) is 2. The van der Waals surface area contributed by atoms with Gasteiger partial charge in [-0.1, -0.05) is 42.0 Å². The topological polar surface area (TPSA) is 58.2 Å². The Labute approximate surface area is 143 Å². The van der Waals surface area contributed by atoms with Crippen molar-refractivity contribution in [2.24, 2.45) is 0 Å². The maximum atomic E-state index is 12.2. The number of halogens is 3. The maximum Gasteiger partial charge on any atom is 0.471 e. The van der Waals surface area contributed by atoms with Gasteiger partial charge >= 0.3 is 12.1 Å². The lowest BCUT2D eigenvalue weighted by molar-refractivity contribution is -0.173. The Morgan fingerprint density at radius 1 is 1.00 bits per heavy atom. The van der Waals surface area contributed by atoms with Gasteiger partial charge in [0.1, 0.15) is 0 Å². The number of rotatable bonds is 5. The molecular formula is C18H17F3N2O2. The summed E-state index contributed by atoms with van der Waals surface area (Å²) in [4.78, 5) is 22.9. The minimum atomic E-state index is -4.92. The molecule has 0 fully saturated rings. The van der Waals surface area contributed by atoms with Gasteiger partial charge in [-0.25, -0.2) is 0 Å². The van der Waals surface area contributed by atoms with Gasteiger partial charge in [-0.15, -0.1) is 0 Å². The number of carbonyl (C=O) groups is 2. The van der Waals surface area contributed by atoms with Gasteiger partial charge in [0.05, 0.1) is 6.42 Å². The van der Waals surface area contributed by atoms with E-state index in [-0.39, 0.29) is 18.9 Å². The number of alkyl halides is 3. The van der Waals surface area contributed by atoms with Crippen LogP contribution in [-0.2, 0) is 22.6 Å². The molecule has 2 rings (SSSR count). The lowest BCUT2D eigenvalue weighted by Gasteiger charge is -2.10. The van der Waals surface area contributed by atoms with Crippen molar-refractivity contribution < 1.29 is 22.8 Å². The fourth-order valence-corrected chi connectivity index (χ4v) is 2.25. The van der Waals surface area contributed by atoms with Crippen LogP contribution in [0.4, 0.5) is 18.9 Å². The van der Waals surface area contributed by atoms with Crippen molar-refractivity contribution in [3.05, 3.63) is 65.2 Å². The molecule has 0 aliphatic heterocycles. The summed E-state index contributed by atoms with van der Waals surface area (Å²) in [6, 6.07) is 13.8. The molecule has 0 aromatic heterocycles. The van der Waals surface area contributed by atoms with Crippen LogP contribution in [-0.4, -0.2) is 18.0 Å². The Bertz CT molecular complexity index is 773. The summed E-state index contributed by atoms with van der Waals surface area (Å²) >= 11 is 0. The predicted molar refractivity (Wildman–Crippen MR) is 87.9 cm³/mol. The van der Waals surface area contributed by atoms with Gasteiger partial charge in [-0.05, 0) is 30.2 Å². The third-order valence-electron chi connectivity index (χ3n) is 3.37. The van der Waals surface area contributed by atoms with Gasteiger partial charge in [-0.2, -0.15) is 13.2 Å². The highest BCUT2D eigenvalue weighted by Crippen LogP contribution is 2.16.